The minimum Gasteiger partial charge on any atom is -0.389 e. The molecule has 0 amide bonds. The number of hydrogen-bond donors (Lipinski definition) is 1. The molecule has 0 aromatic heterocycles. The summed E-state index contributed by atoms with van der Waals surface area (Å²) in [5.74, 6) is 0. The maximum absolute atomic E-state index is 11.9. The Balaban J connectivity index is 2.18. The van der Waals surface area contributed by atoms with Crippen LogP contribution in [0.15, 0.2) is 0 Å². The third-order valence-electron chi connectivity index (χ3n) is 2.21. The minimum atomic E-state index is -0.786. The van der Waals surface area contributed by atoms with E-state index in [1.807, 2.05) is 11.8 Å². The zero-order valence-electron chi connectivity index (χ0n) is 7.37. The average Bonchev–Trinajstić information content (AvgIpc) is 2.52. The fourth-order valence-electron chi connectivity index (χ4n) is 1.50. The number of alkyl halides is 1. The highest BCUT2D eigenvalue weighted by atomic mass is 32.2. The molecule has 0 aliphatic carbocycles. The highest BCUT2D eigenvalue weighted by Gasteiger charge is 2.22. The lowest BCUT2D eigenvalue weighted by molar-refractivity contribution is 0.0997. The molecule has 1 aliphatic rings. The number of aliphatic hydroxyl groups excluding tert-OH is 1. The number of aliphatic hydroxyl groups is 1. The van der Waals surface area contributed by atoms with Gasteiger partial charge < -0.3 is 5.11 Å². The number of likely N-dealkylation sites (tertiary alicyclic amines) is 1. The van der Waals surface area contributed by atoms with Crippen LogP contribution in [-0.4, -0.2) is 53.9 Å². The van der Waals surface area contributed by atoms with Crippen LogP contribution in [0.4, 0.5) is 4.39 Å². The van der Waals surface area contributed by atoms with Crippen LogP contribution in [0.3, 0.4) is 0 Å². The van der Waals surface area contributed by atoms with Crippen LogP contribution in [0.25, 0.3) is 0 Å². The second-order valence-corrected chi connectivity index (χ2v) is 4.35. The van der Waals surface area contributed by atoms with E-state index in [-0.39, 0.29) is 0 Å². The van der Waals surface area contributed by atoms with E-state index in [9.17, 15) is 4.39 Å². The number of hydrogen-bond acceptors (Lipinski definition) is 3. The van der Waals surface area contributed by atoms with Gasteiger partial charge in [-0.3, -0.25) is 4.90 Å². The summed E-state index contributed by atoms with van der Waals surface area (Å²) in [6.45, 7) is 1.87. The average molecular weight is 193 g/mol. The predicted molar refractivity (Wildman–Crippen MR) is 50.3 cm³/mol. The van der Waals surface area contributed by atoms with Crippen molar-refractivity contribution in [2.24, 2.45) is 0 Å². The maximum Gasteiger partial charge on any atom is 0.117 e. The summed E-state index contributed by atoms with van der Waals surface area (Å²) in [4.78, 5) is 2.13. The molecule has 1 N–H and O–H groups in total. The van der Waals surface area contributed by atoms with Crippen molar-refractivity contribution in [3.8, 4) is 0 Å². The number of rotatable bonds is 4. The summed E-state index contributed by atoms with van der Waals surface area (Å²) in [7, 11) is 0. The molecule has 2 atom stereocenters. The van der Waals surface area contributed by atoms with Gasteiger partial charge in [0.15, 0.2) is 0 Å². The van der Waals surface area contributed by atoms with Crippen LogP contribution in [0.2, 0.25) is 0 Å². The Morgan fingerprint density at radius 2 is 2.50 bits per heavy atom. The first-order valence-corrected chi connectivity index (χ1v) is 5.54. The van der Waals surface area contributed by atoms with Crippen molar-refractivity contribution in [2.75, 3.05) is 32.6 Å². The summed E-state index contributed by atoms with van der Waals surface area (Å²) in [5.41, 5.74) is 0. The van der Waals surface area contributed by atoms with Crippen LogP contribution in [0.5, 0.6) is 0 Å². The number of halogens is 1. The Hall–Kier alpha value is 0.200. The first-order valence-electron chi connectivity index (χ1n) is 4.25. The van der Waals surface area contributed by atoms with Gasteiger partial charge in [-0.25, -0.2) is 4.39 Å². The third-order valence-corrected chi connectivity index (χ3v) is 3.26. The van der Waals surface area contributed by atoms with Gasteiger partial charge in [0.05, 0.1) is 6.10 Å². The van der Waals surface area contributed by atoms with Gasteiger partial charge in [-0.15, -0.1) is 0 Å². The quantitative estimate of drug-likeness (QED) is 0.713. The minimum absolute atomic E-state index is 0.494. The van der Waals surface area contributed by atoms with Gasteiger partial charge in [0.2, 0.25) is 0 Å². The highest BCUT2D eigenvalue weighted by molar-refractivity contribution is 7.99. The van der Waals surface area contributed by atoms with Gasteiger partial charge in [-0.2, -0.15) is 11.8 Å². The van der Waals surface area contributed by atoms with Gasteiger partial charge >= 0.3 is 0 Å². The van der Waals surface area contributed by atoms with Crippen LogP contribution >= 0.6 is 11.8 Å². The molecule has 1 rings (SSSR count). The smallest absolute Gasteiger partial charge is 0.117 e. The summed E-state index contributed by atoms with van der Waals surface area (Å²) < 4.78 is 11.9. The third kappa shape index (κ3) is 2.92. The lowest BCUT2D eigenvalue weighted by Crippen LogP contribution is -2.32. The van der Waals surface area contributed by atoms with Crippen molar-refractivity contribution in [1.29, 1.82) is 0 Å². The summed E-state index contributed by atoms with van der Waals surface area (Å²) in [5, 5.41) is 9.73. The Kier molecular flexibility index (Phi) is 4.32. The lowest BCUT2D eigenvalue weighted by Gasteiger charge is -2.17. The molecule has 12 heavy (non-hydrogen) atoms. The summed E-state index contributed by atoms with van der Waals surface area (Å²) >= 11 is 1.85. The van der Waals surface area contributed by atoms with Gasteiger partial charge in [0, 0.05) is 18.3 Å². The van der Waals surface area contributed by atoms with Crippen LogP contribution in [-0.2, 0) is 0 Å². The molecule has 2 unspecified atom stereocenters. The largest absolute Gasteiger partial charge is 0.389 e. The van der Waals surface area contributed by atoms with Crippen LogP contribution in [0.1, 0.15) is 6.42 Å². The molecular formula is C8H16FNOS. The van der Waals surface area contributed by atoms with E-state index in [2.05, 4.69) is 11.2 Å². The molecule has 2 nitrogen and oxygen atoms in total. The molecule has 1 fully saturated rings. The van der Waals surface area contributed by atoms with E-state index in [0.29, 0.717) is 11.8 Å². The van der Waals surface area contributed by atoms with Crippen molar-refractivity contribution in [2.45, 2.75) is 17.8 Å². The standard InChI is InChI=1S/C8H16FNOS/c1-12-8-2-3-10(6-8)5-7(11)4-9/h7-8,11H,2-6H2,1H3. The monoisotopic (exact) mass is 193 g/mol. The Bertz CT molecular complexity index is 136. The molecule has 0 saturated carbocycles. The Labute approximate surface area is 77.1 Å². The van der Waals surface area contributed by atoms with Crippen molar-refractivity contribution in [3.63, 3.8) is 0 Å². The topological polar surface area (TPSA) is 23.5 Å². The summed E-state index contributed by atoms with van der Waals surface area (Å²) in [6, 6.07) is 0. The van der Waals surface area contributed by atoms with E-state index < -0.39 is 12.8 Å². The van der Waals surface area contributed by atoms with Crippen LogP contribution in [0, 0.1) is 0 Å². The second-order valence-electron chi connectivity index (χ2n) is 3.21. The predicted octanol–water partition coefficient (Wildman–Crippen LogP) is 0.754. The Morgan fingerprint density at radius 1 is 1.75 bits per heavy atom. The maximum atomic E-state index is 11.9. The number of β-amino-alcohol motifs (C(OH)–C–C–N with tert-alkyl or cyclic N) is 1. The van der Waals surface area contributed by atoms with E-state index >= 15 is 0 Å². The van der Waals surface area contributed by atoms with Crippen molar-refractivity contribution in [1.82, 2.24) is 4.90 Å². The number of thioether (sulfide) groups is 1. The van der Waals surface area contributed by atoms with E-state index in [0.717, 1.165) is 13.1 Å². The molecule has 0 aromatic carbocycles. The van der Waals surface area contributed by atoms with E-state index in [1.165, 1.54) is 6.42 Å². The van der Waals surface area contributed by atoms with Crippen molar-refractivity contribution in [3.05, 3.63) is 0 Å². The molecule has 0 radical (unpaired) electrons. The molecule has 0 spiro atoms. The molecule has 4 heteroatoms. The van der Waals surface area contributed by atoms with E-state index in [4.69, 9.17) is 5.11 Å². The molecular weight excluding hydrogens is 177 g/mol. The number of nitrogens with zero attached hydrogens (tertiary/aromatic N) is 1. The van der Waals surface area contributed by atoms with E-state index in [1.54, 1.807) is 0 Å². The fourth-order valence-corrected chi connectivity index (χ4v) is 2.20. The molecule has 0 aromatic rings. The summed E-state index contributed by atoms with van der Waals surface area (Å²) in [6.07, 6.45) is 2.48. The van der Waals surface area contributed by atoms with Crippen molar-refractivity contribution >= 4 is 11.8 Å². The highest BCUT2D eigenvalue weighted by Crippen LogP contribution is 2.19. The normalized spacial score (nSPS) is 27.8. The molecule has 1 saturated heterocycles. The first-order chi connectivity index (χ1) is 5.76. The molecule has 1 aliphatic heterocycles. The fraction of sp³-hybridized carbons (Fsp3) is 1.00. The molecule has 0 bridgehead atoms. The Morgan fingerprint density at radius 3 is 3.00 bits per heavy atom. The zero-order valence-corrected chi connectivity index (χ0v) is 8.19. The second kappa shape index (κ2) is 5.04. The van der Waals surface area contributed by atoms with Crippen molar-refractivity contribution < 1.29 is 9.50 Å². The zero-order chi connectivity index (χ0) is 8.97. The van der Waals surface area contributed by atoms with Gasteiger partial charge in [0.1, 0.15) is 6.67 Å². The lowest BCUT2D eigenvalue weighted by atomic mass is 10.3. The van der Waals surface area contributed by atoms with Gasteiger partial charge in [-0.05, 0) is 19.2 Å². The van der Waals surface area contributed by atoms with Gasteiger partial charge in [-0.1, -0.05) is 0 Å². The molecule has 1 heterocycles. The van der Waals surface area contributed by atoms with Crippen LogP contribution < -0.4 is 0 Å². The van der Waals surface area contributed by atoms with Gasteiger partial charge in [0.25, 0.3) is 0 Å². The first kappa shape index (κ1) is 10.3. The molecule has 72 valence electrons. The SMILES string of the molecule is CSC1CCN(CC(O)CF)C1.